The molecule has 2 N–H and O–H groups in total. The lowest BCUT2D eigenvalue weighted by Gasteiger charge is -2.08. The normalized spacial score (nSPS) is 11.5. The van der Waals surface area contributed by atoms with E-state index in [1.807, 2.05) is 42.0 Å². The summed E-state index contributed by atoms with van der Waals surface area (Å²) >= 11 is 5.89. The van der Waals surface area contributed by atoms with E-state index in [0.717, 1.165) is 30.9 Å². The van der Waals surface area contributed by atoms with Gasteiger partial charge in [0.1, 0.15) is 0 Å². The molecule has 0 saturated carbocycles. The lowest BCUT2D eigenvalue weighted by molar-refractivity contribution is 0.660. The highest BCUT2D eigenvalue weighted by molar-refractivity contribution is 6.30. The summed E-state index contributed by atoms with van der Waals surface area (Å²) in [5.74, 6) is 0.653. The van der Waals surface area contributed by atoms with Crippen molar-refractivity contribution in [3.8, 4) is 0 Å². The minimum atomic E-state index is -0.469. The standard InChI is InChI=1S/C18H19ClN6O2/c1-11-10-25-14-15(23(2)18(27)22-16(14)26)21-17(25)24(11)9-3-8-20-13-6-4-12(19)5-7-13/h4-7,10,20H,3,8-9H2,1-2H3,(H,22,26,27). The first-order valence-corrected chi connectivity index (χ1v) is 9.00. The first kappa shape index (κ1) is 17.4. The van der Waals surface area contributed by atoms with Crippen LogP contribution < -0.4 is 16.6 Å². The third-order valence-corrected chi connectivity index (χ3v) is 4.90. The molecule has 1 aromatic carbocycles. The van der Waals surface area contributed by atoms with E-state index in [1.54, 1.807) is 11.4 Å². The molecule has 0 spiro atoms. The summed E-state index contributed by atoms with van der Waals surface area (Å²) < 4.78 is 5.15. The van der Waals surface area contributed by atoms with Gasteiger partial charge in [0.25, 0.3) is 5.56 Å². The van der Waals surface area contributed by atoms with Gasteiger partial charge in [0, 0.05) is 42.7 Å². The summed E-state index contributed by atoms with van der Waals surface area (Å²) in [4.78, 5) is 30.9. The van der Waals surface area contributed by atoms with Gasteiger partial charge < -0.3 is 9.88 Å². The zero-order valence-corrected chi connectivity index (χ0v) is 15.7. The largest absolute Gasteiger partial charge is 0.385 e. The molecule has 0 atom stereocenters. The van der Waals surface area contributed by atoms with Crippen LogP contribution in [0.2, 0.25) is 5.02 Å². The van der Waals surface area contributed by atoms with Crippen molar-refractivity contribution < 1.29 is 0 Å². The number of benzene rings is 1. The van der Waals surface area contributed by atoms with Gasteiger partial charge in [-0.3, -0.25) is 18.7 Å². The number of aromatic amines is 1. The molecule has 0 saturated heterocycles. The molecule has 8 nitrogen and oxygen atoms in total. The number of hydrogen-bond donors (Lipinski definition) is 2. The molecule has 4 aromatic rings. The fourth-order valence-corrected chi connectivity index (χ4v) is 3.36. The first-order valence-electron chi connectivity index (χ1n) is 8.62. The van der Waals surface area contributed by atoms with Crippen LogP contribution in [0.4, 0.5) is 5.69 Å². The molecule has 27 heavy (non-hydrogen) atoms. The number of halogens is 1. The summed E-state index contributed by atoms with van der Waals surface area (Å²) in [5.41, 5.74) is 1.88. The first-order chi connectivity index (χ1) is 13.0. The van der Waals surface area contributed by atoms with Gasteiger partial charge in [-0.15, -0.1) is 0 Å². The van der Waals surface area contributed by atoms with Crippen molar-refractivity contribution in [3.05, 3.63) is 62.0 Å². The monoisotopic (exact) mass is 386 g/mol. The number of anilines is 1. The molecular weight excluding hydrogens is 368 g/mol. The van der Waals surface area contributed by atoms with Crippen LogP contribution in [0.25, 0.3) is 16.9 Å². The summed E-state index contributed by atoms with van der Waals surface area (Å²) in [6.07, 6.45) is 2.74. The molecule has 0 amide bonds. The lowest BCUT2D eigenvalue weighted by Crippen LogP contribution is -2.28. The quantitative estimate of drug-likeness (QED) is 0.514. The van der Waals surface area contributed by atoms with E-state index in [9.17, 15) is 9.59 Å². The van der Waals surface area contributed by atoms with Crippen molar-refractivity contribution in [1.82, 2.24) is 23.5 Å². The van der Waals surface area contributed by atoms with Crippen LogP contribution in [-0.2, 0) is 13.6 Å². The summed E-state index contributed by atoms with van der Waals surface area (Å²) in [6.45, 7) is 3.49. The number of aromatic nitrogens is 5. The van der Waals surface area contributed by atoms with E-state index >= 15 is 0 Å². The number of H-pyrrole nitrogens is 1. The van der Waals surface area contributed by atoms with Crippen LogP contribution in [0.3, 0.4) is 0 Å². The Balaban J connectivity index is 1.59. The van der Waals surface area contributed by atoms with E-state index in [2.05, 4.69) is 15.3 Å². The van der Waals surface area contributed by atoms with E-state index in [4.69, 9.17) is 11.6 Å². The van der Waals surface area contributed by atoms with Crippen molar-refractivity contribution in [1.29, 1.82) is 0 Å². The van der Waals surface area contributed by atoms with Crippen molar-refractivity contribution in [2.75, 3.05) is 11.9 Å². The molecule has 3 aromatic heterocycles. The van der Waals surface area contributed by atoms with Crippen LogP contribution in [-0.4, -0.2) is 30.0 Å². The molecule has 9 heteroatoms. The molecule has 4 rings (SSSR count). The van der Waals surface area contributed by atoms with E-state index in [0.29, 0.717) is 22.0 Å². The Bertz CT molecular complexity index is 1250. The Morgan fingerprint density at radius 1 is 1.22 bits per heavy atom. The maximum absolute atomic E-state index is 12.2. The topological polar surface area (TPSA) is 89.1 Å². The average molecular weight is 387 g/mol. The number of hydrogen-bond acceptors (Lipinski definition) is 4. The number of nitrogens with one attached hydrogen (secondary N) is 2. The van der Waals surface area contributed by atoms with Crippen LogP contribution in [0, 0.1) is 6.92 Å². The fraction of sp³-hybridized carbons (Fsp3) is 0.278. The highest BCUT2D eigenvalue weighted by atomic mass is 35.5. The third-order valence-electron chi connectivity index (χ3n) is 4.65. The van der Waals surface area contributed by atoms with Gasteiger partial charge in [-0.25, -0.2) is 4.79 Å². The van der Waals surface area contributed by atoms with Crippen molar-refractivity contribution >= 4 is 34.2 Å². The predicted molar refractivity (Wildman–Crippen MR) is 106 cm³/mol. The van der Waals surface area contributed by atoms with Gasteiger partial charge in [-0.2, -0.15) is 4.98 Å². The van der Waals surface area contributed by atoms with Crippen LogP contribution in [0.1, 0.15) is 12.1 Å². The molecule has 0 unspecified atom stereocenters. The second kappa shape index (κ2) is 6.62. The molecule has 0 aliphatic rings. The molecule has 140 valence electrons. The maximum atomic E-state index is 12.2. The van der Waals surface area contributed by atoms with Gasteiger partial charge in [-0.1, -0.05) is 11.6 Å². The molecule has 0 radical (unpaired) electrons. The minimum Gasteiger partial charge on any atom is -0.385 e. The lowest BCUT2D eigenvalue weighted by atomic mass is 10.3. The van der Waals surface area contributed by atoms with Crippen LogP contribution >= 0.6 is 11.6 Å². The third kappa shape index (κ3) is 3.02. The van der Waals surface area contributed by atoms with Gasteiger partial charge in [0.15, 0.2) is 11.2 Å². The van der Waals surface area contributed by atoms with Gasteiger partial charge in [0.2, 0.25) is 5.78 Å². The van der Waals surface area contributed by atoms with E-state index < -0.39 is 11.2 Å². The van der Waals surface area contributed by atoms with E-state index in [-0.39, 0.29) is 0 Å². The molecule has 0 aliphatic heterocycles. The predicted octanol–water partition coefficient (Wildman–Crippen LogP) is 2.14. The molecular formula is C18H19ClN6O2. The summed E-state index contributed by atoms with van der Waals surface area (Å²) in [6, 6.07) is 7.58. The van der Waals surface area contributed by atoms with Crippen molar-refractivity contribution in [3.63, 3.8) is 0 Å². The van der Waals surface area contributed by atoms with Crippen molar-refractivity contribution in [2.24, 2.45) is 7.05 Å². The zero-order valence-electron chi connectivity index (χ0n) is 15.0. The van der Waals surface area contributed by atoms with E-state index in [1.165, 1.54) is 4.57 Å². The van der Waals surface area contributed by atoms with Crippen LogP contribution in [0.15, 0.2) is 40.1 Å². The smallest absolute Gasteiger partial charge is 0.329 e. The molecule has 0 bridgehead atoms. The second-order valence-electron chi connectivity index (χ2n) is 6.48. The van der Waals surface area contributed by atoms with Gasteiger partial charge >= 0.3 is 5.69 Å². The van der Waals surface area contributed by atoms with Gasteiger partial charge in [-0.05, 0) is 37.6 Å². The zero-order chi connectivity index (χ0) is 19.1. The highest BCUT2D eigenvalue weighted by Crippen LogP contribution is 2.17. The summed E-state index contributed by atoms with van der Waals surface area (Å²) in [5, 5.41) is 4.06. The summed E-state index contributed by atoms with van der Waals surface area (Å²) in [7, 11) is 1.60. The Morgan fingerprint density at radius 2 is 1.96 bits per heavy atom. The average Bonchev–Trinajstić information content (AvgIpc) is 3.14. The Morgan fingerprint density at radius 3 is 2.70 bits per heavy atom. The molecule has 0 aliphatic carbocycles. The fourth-order valence-electron chi connectivity index (χ4n) is 3.23. The SMILES string of the molecule is Cc1cn2c3c(=O)[nH]c(=O)n(C)c3nc2n1CCCNc1ccc(Cl)cc1. The second-order valence-corrected chi connectivity index (χ2v) is 6.92. The molecule has 3 heterocycles. The number of aryl methyl sites for hydroxylation is 3. The number of imidazole rings is 2. The Kier molecular flexibility index (Phi) is 4.27. The Hall–Kier alpha value is -3.00. The molecule has 0 fully saturated rings. The number of fused-ring (bicyclic) bond motifs is 3. The number of rotatable bonds is 5. The maximum Gasteiger partial charge on any atom is 0.329 e. The van der Waals surface area contributed by atoms with Crippen LogP contribution in [0.5, 0.6) is 0 Å². The Labute approximate surface area is 159 Å². The van der Waals surface area contributed by atoms with Gasteiger partial charge in [0.05, 0.1) is 0 Å². The minimum absolute atomic E-state index is 0.381. The highest BCUT2D eigenvalue weighted by Gasteiger charge is 2.16. The van der Waals surface area contributed by atoms with Crippen molar-refractivity contribution in [2.45, 2.75) is 19.9 Å². The number of nitrogens with zero attached hydrogens (tertiary/aromatic N) is 4.